The van der Waals surface area contributed by atoms with Crippen molar-refractivity contribution in [1.29, 1.82) is 0 Å². The smallest absolute Gasteiger partial charge is 0.390 e. The normalized spacial score (nSPS) is 21.0. The van der Waals surface area contributed by atoms with Crippen LogP contribution < -0.4 is 11.1 Å². The van der Waals surface area contributed by atoms with E-state index >= 15 is 0 Å². The Morgan fingerprint density at radius 1 is 1.19 bits per heavy atom. The van der Waals surface area contributed by atoms with Crippen LogP contribution in [-0.2, 0) is 30.5 Å². The van der Waals surface area contributed by atoms with Crippen LogP contribution in [-0.4, -0.2) is 94.2 Å². The fourth-order valence-electron chi connectivity index (χ4n) is 6.06. The molecule has 0 radical (unpaired) electrons. The topological polar surface area (TPSA) is 99.7 Å². The predicted molar refractivity (Wildman–Crippen MR) is 149 cm³/mol. The van der Waals surface area contributed by atoms with Gasteiger partial charge in [-0.2, -0.15) is 18.3 Å². The molecule has 2 saturated heterocycles. The van der Waals surface area contributed by atoms with Crippen molar-refractivity contribution in [3.8, 4) is 11.3 Å². The summed E-state index contributed by atoms with van der Waals surface area (Å²) in [6, 6.07) is 3.98. The van der Waals surface area contributed by atoms with E-state index in [9.17, 15) is 31.9 Å². The number of hydrogen-bond acceptors (Lipinski definition) is 7. The number of hydrogen-bond donors (Lipinski definition) is 3. The first-order chi connectivity index (χ1) is 19.9. The fourth-order valence-corrected chi connectivity index (χ4v) is 7.18. The molecule has 0 saturated carbocycles. The number of halogens is 5. The molecule has 2 aromatic rings. The average Bonchev–Trinajstić information content (AvgIpc) is 3.47. The summed E-state index contributed by atoms with van der Waals surface area (Å²) in [5, 5.41) is 19.0. The van der Waals surface area contributed by atoms with Crippen molar-refractivity contribution in [2.45, 2.75) is 61.9 Å². The van der Waals surface area contributed by atoms with Crippen molar-refractivity contribution in [1.82, 2.24) is 24.9 Å². The molecular weight excluding hydrogens is 579 g/mol. The number of piperidine rings is 1. The lowest BCUT2D eigenvalue weighted by molar-refractivity contribution is -0.139. The van der Waals surface area contributed by atoms with E-state index in [2.05, 4.69) is 10.2 Å². The first-order valence-electron chi connectivity index (χ1n) is 14.3. The number of nitrogens with zero attached hydrogens (tertiary/aromatic N) is 4. The molecule has 14 heteroatoms. The zero-order valence-corrected chi connectivity index (χ0v) is 24.1. The summed E-state index contributed by atoms with van der Waals surface area (Å²) in [7, 11) is 0. The first-order valence-corrected chi connectivity index (χ1v) is 15.3. The second kappa shape index (κ2) is 12.8. The van der Waals surface area contributed by atoms with Crippen molar-refractivity contribution < 1.29 is 31.9 Å². The molecule has 0 bridgehead atoms. The molecule has 4 N–H and O–H groups in total. The van der Waals surface area contributed by atoms with Gasteiger partial charge in [-0.1, -0.05) is 6.07 Å². The number of aliphatic hydroxyl groups excluding tert-OH is 1. The number of rotatable bonds is 10. The third kappa shape index (κ3) is 7.44. The lowest BCUT2D eigenvalue weighted by Gasteiger charge is -2.32. The van der Waals surface area contributed by atoms with Gasteiger partial charge < -0.3 is 21.1 Å². The Labute approximate surface area is 245 Å². The number of fused-ring (bicyclic) bond motifs is 1. The number of amides is 1. The summed E-state index contributed by atoms with van der Waals surface area (Å²) in [6.07, 6.45) is -3.52. The fraction of sp³-hybridized carbons (Fsp3) is 0.643. The Morgan fingerprint density at radius 3 is 2.62 bits per heavy atom. The lowest BCUT2D eigenvalue weighted by Crippen LogP contribution is -2.42. The van der Waals surface area contributed by atoms with E-state index in [0.29, 0.717) is 56.7 Å². The van der Waals surface area contributed by atoms with E-state index in [1.165, 1.54) is 12.1 Å². The molecule has 8 nitrogen and oxygen atoms in total. The maximum absolute atomic E-state index is 13.9. The Bertz CT molecular complexity index is 1260. The number of carbonyl (C=O) groups excluding carboxylic acids is 1. The van der Waals surface area contributed by atoms with Crippen LogP contribution in [0.3, 0.4) is 0 Å². The maximum Gasteiger partial charge on any atom is 0.417 e. The summed E-state index contributed by atoms with van der Waals surface area (Å²) in [4.78, 5) is 15.2. The molecule has 3 aliphatic heterocycles. The van der Waals surface area contributed by atoms with Crippen LogP contribution in [0.15, 0.2) is 23.1 Å². The van der Waals surface area contributed by atoms with E-state index in [1.807, 2.05) is 0 Å². The van der Waals surface area contributed by atoms with Gasteiger partial charge in [0.05, 0.1) is 30.5 Å². The maximum atomic E-state index is 13.9. The van der Waals surface area contributed by atoms with Gasteiger partial charge in [0, 0.05) is 79.0 Å². The Morgan fingerprint density at radius 2 is 1.95 bits per heavy atom. The van der Waals surface area contributed by atoms with Gasteiger partial charge in [0.2, 0.25) is 5.91 Å². The second-order valence-corrected chi connectivity index (χ2v) is 12.6. The number of likely N-dealkylation sites (tertiary alicyclic amines) is 2. The van der Waals surface area contributed by atoms with Gasteiger partial charge in [0.1, 0.15) is 0 Å². The minimum absolute atomic E-state index is 0.0393. The monoisotopic (exact) mass is 616 g/mol. The van der Waals surface area contributed by atoms with Crippen LogP contribution >= 0.6 is 11.8 Å². The standard InChI is InChI=1S/C28H37F5N6O2S/c29-27(30)6-10-38(17-27)11-12-42-24-13-19(1-2-22(24)28(31,32)33)25-21-14-35-7-3-23(21)39(36-25)16-20(40)15-37-8-4-18(5-9-37)26(34)41/h1-2,13,18,20,35,40H,3-12,14-17H2,(H2,34,41). The molecule has 1 amide bonds. The molecule has 5 rings (SSSR count). The van der Waals surface area contributed by atoms with Crippen molar-refractivity contribution >= 4 is 17.7 Å². The second-order valence-electron chi connectivity index (χ2n) is 11.5. The SMILES string of the molecule is NC(=O)C1CCN(CC(O)Cn2nc(-c3ccc(C(F)(F)F)c(SCCN4CCC(F)(F)C4)c3)c3c2CCNC3)CC1. The largest absolute Gasteiger partial charge is 0.417 e. The molecule has 3 aliphatic rings. The van der Waals surface area contributed by atoms with E-state index in [1.54, 1.807) is 9.58 Å². The number of carbonyl (C=O) groups is 1. The molecule has 1 aromatic carbocycles. The highest BCUT2D eigenvalue weighted by Crippen LogP contribution is 2.40. The minimum Gasteiger partial charge on any atom is -0.390 e. The molecule has 1 atom stereocenters. The quantitative estimate of drug-likeness (QED) is 0.279. The third-order valence-electron chi connectivity index (χ3n) is 8.32. The highest BCUT2D eigenvalue weighted by atomic mass is 32.2. The van der Waals surface area contributed by atoms with Gasteiger partial charge in [-0.3, -0.25) is 14.4 Å². The van der Waals surface area contributed by atoms with Crippen molar-refractivity contribution in [3.05, 3.63) is 35.0 Å². The van der Waals surface area contributed by atoms with Crippen LogP contribution in [0, 0.1) is 5.92 Å². The van der Waals surface area contributed by atoms with E-state index in [0.717, 1.165) is 35.6 Å². The summed E-state index contributed by atoms with van der Waals surface area (Å²) in [5.74, 6) is -2.92. The number of nitrogens with one attached hydrogen (secondary N) is 1. The Kier molecular flexibility index (Phi) is 9.48. The molecule has 1 aromatic heterocycles. The zero-order valence-electron chi connectivity index (χ0n) is 23.3. The predicted octanol–water partition coefficient (Wildman–Crippen LogP) is 3.21. The summed E-state index contributed by atoms with van der Waals surface area (Å²) in [5.41, 5.74) is 7.61. The van der Waals surface area contributed by atoms with E-state index < -0.39 is 23.8 Å². The third-order valence-corrected chi connectivity index (χ3v) is 9.36. The molecule has 4 heterocycles. The van der Waals surface area contributed by atoms with Crippen molar-refractivity contribution in [2.24, 2.45) is 11.7 Å². The van der Waals surface area contributed by atoms with Gasteiger partial charge >= 0.3 is 6.18 Å². The number of aromatic nitrogens is 2. The van der Waals surface area contributed by atoms with Gasteiger partial charge in [0.15, 0.2) is 0 Å². The summed E-state index contributed by atoms with van der Waals surface area (Å²) >= 11 is 1.01. The van der Waals surface area contributed by atoms with E-state index in [-0.39, 0.29) is 55.1 Å². The molecule has 2 fully saturated rings. The number of primary amides is 1. The summed E-state index contributed by atoms with van der Waals surface area (Å²) < 4.78 is 70.5. The number of β-amino-alcohol motifs (C(OH)–C–C–N with tert-alkyl or cyclic N) is 1. The molecule has 1 unspecified atom stereocenters. The molecular formula is C28H37F5N6O2S. The number of aliphatic hydroxyl groups is 1. The lowest BCUT2D eigenvalue weighted by atomic mass is 9.96. The number of benzene rings is 1. The van der Waals surface area contributed by atoms with Crippen LogP contribution in [0.1, 0.15) is 36.1 Å². The van der Waals surface area contributed by atoms with Crippen molar-refractivity contribution in [2.75, 3.05) is 51.6 Å². The molecule has 0 spiro atoms. The van der Waals surface area contributed by atoms with Gasteiger partial charge in [-0.25, -0.2) is 8.78 Å². The molecule has 0 aliphatic carbocycles. The summed E-state index contributed by atoms with van der Waals surface area (Å²) in [6.45, 7) is 3.35. The number of alkyl halides is 5. The zero-order chi connectivity index (χ0) is 30.1. The number of thioether (sulfide) groups is 1. The number of nitrogens with two attached hydrogens (primary N) is 1. The van der Waals surface area contributed by atoms with E-state index in [4.69, 9.17) is 10.8 Å². The highest BCUT2D eigenvalue weighted by molar-refractivity contribution is 7.99. The highest BCUT2D eigenvalue weighted by Gasteiger charge is 2.38. The molecule has 232 valence electrons. The van der Waals surface area contributed by atoms with Crippen LogP contribution in [0.4, 0.5) is 22.0 Å². The minimum atomic E-state index is -4.56. The van der Waals surface area contributed by atoms with Crippen LogP contribution in [0.25, 0.3) is 11.3 Å². The average molecular weight is 617 g/mol. The van der Waals surface area contributed by atoms with Gasteiger partial charge in [0.25, 0.3) is 5.92 Å². The van der Waals surface area contributed by atoms with Gasteiger partial charge in [-0.15, -0.1) is 11.8 Å². The van der Waals surface area contributed by atoms with Gasteiger partial charge in [-0.05, 0) is 38.1 Å². The Hall–Kier alpha value is -2.26. The van der Waals surface area contributed by atoms with Crippen molar-refractivity contribution in [3.63, 3.8) is 0 Å². The Balaban J connectivity index is 1.32. The molecule has 42 heavy (non-hydrogen) atoms. The van der Waals surface area contributed by atoms with Crippen LogP contribution in [0.2, 0.25) is 0 Å². The van der Waals surface area contributed by atoms with Crippen LogP contribution in [0.5, 0.6) is 0 Å². The first kappa shape index (κ1) is 31.2.